The molecule has 0 aliphatic heterocycles. The fraction of sp³-hybridized carbons (Fsp3) is 0.278. The Morgan fingerprint density at radius 3 is 2.38 bits per heavy atom. The molecule has 2 rings (SSSR count). The molecule has 2 aromatic carbocycles. The summed E-state index contributed by atoms with van der Waals surface area (Å²) in [4.78, 5) is 14.3. The SMILES string of the molecule is CCN(CC)c1cccc(NC(=O)Cc2ccccc2)c1. The zero-order chi connectivity index (χ0) is 15.1. The molecular formula is C18H22N2O. The van der Waals surface area contributed by atoms with Gasteiger partial charge in [0.05, 0.1) is 6.42 Å². The van der Waals surface area contributed by atoms with Crippen molar-refractivity contribution in [1.29, 1.82) is 0 Å². The number of hydrogen-bond acceptors (Lipinski definition) is 2. The smallest absolute Gasteiger partial charge is 0.228 e. The summed E-state index contributed by atoms with van der Waals surface area (Å²) in [5.74, 6) is 0.0119. The van der Waals surface area contributed by atoms with Crippen LogP contribution in [0.4, 0.5) is 11.4 Å². The third kappa shape index (κ3) is 4.35. The summed E-state index contributed by atoms with van der Waals surface area (Å²) in [5.41, 5.74) is 3.01. The topological polar surface area (TPSA) is 32.3 Å². The normalized spacial score (nSPS) is 10.2. The van der Waals surface area contributed by atoms with Crippen molar-refractivity contribution in [3.63, 3.8) is 0 Å². The van der Waals surface area contributed by atoms with Gasteiger partial charge in [0.25, 0.3) is 0 Å². The highest BCUT2D eigenvalue weighted by Gasteiger charge is 2.06. The van der Waals surface area contributed by atoms with Crippen LogP contribution in [0.15, 0.2) is 54.6 Å². The lowest BCUT2D eigenvalue weighted by Gasteiger charge is -2.21. The van der Waals surface area contributed by atoms with Crippen molar-refractivity contribution in [2.24, 2.45) is 0 Å². The average molecular weight is 282 g/mol. The molecule has 0 aromatic heterocycles. The molecule has 0 aliphatic carbocycles. The van der Waals surface area contributed by atoms with Crippen LogP contribution in [0.5, 0.6) is 0 Å². The minimum Gasteiger partial charge on any atom is -0.372 e. The van der Waals surface area contributed by atoms with Crippen LogP contribution in [-0.4, -0.2) is 19.0 Å². The first-order valence-corrected chi connectivity index (χ1v) is 7.41. The highest BCUT2D eigenvalue weighted by molar-refractivity contribution is 5.92. The Hall–Kier alpha value is -2.29. The number of anilines is 2. The predicted molar refractivity (Wildman–Crippen MR) is 88.8 cm³/mol. The lowest BCUT2D eigenvalue weighted by atomic mass is 10.1. The van der Waals surface area contributed by atoms with E-state index >= 15 is 0 Å². The second-order valence-electron chi connectivity index (χ2n) is 4.93. The van der Waals surface area contributed by atoms with Crippen molar-refractivity contribution >= 4 is 17.3 Å². The Balaban J connectivity index is 2.02. The highest BCUT2D eigenvalue weighted by atomic mass is 16.1. The van der Waals surface area contributed by atoms with E-state index in [0.29, 0.717) is 6.42 Å². The number of nitrogens with one attached hydrogen (secondary N) is 1. The lowest BCUT2D eigenvalue weighted by molar-refractivity contribution is -0.115. The molecular weight excluding hydrogens is 260 g/mol. The largest absolute Gasteiger partial charge is 0.372 e. The van der Waals surface area contributed by atoms with E-state index < -0.39 is 0 Å². The Kier molecular flexibility index (Phi) is 5.38. The summed E-state index contributed by atoms with van der Waals surface area (Å²) in [6.07, 6.45) is 0.399. The van der Waals surface area contributed by atoms with E-state index in [9.17, 15) is 4.79 Å². The monoisotopic (exact) mass is 282 g/mol. The number of amides is 1. The van der Waals surface area contributed by atoms with Crippen molar-refractivity contribution in [3.8, 4) is 0 Å². The summed E-state index contributed by atoms with van der Waals surface area (Å²) in [5, 5.41) is 2.97. The van der Waals surface area contributed by atoms with Gasteiger partial charge in [-0.2, -0.15) is 0 Å². The molecule has 0 bridgehead atoms. The Morgan fingerprint density at radius 1 is 1.00 bits per heavy atom. The quantitative estimate of drug-likeness (QED) is 0.876. The zero-order valence-electron chi connectivity index (χ0n) is 12.7. The van der Waals surface area contributed by atoms with Gasteiger partial charge in [0.2, 0.25) is 5.91 Å². The van der Waals surface area contributed by atoms with Crippen molar-refractivity contribution in [3.05, 3.63) is 60.2 Å². The molecule has 0 saturated carbocycles. The predicted octanol–water partition coefficient (Wildman–Crippen LogP) is 3.71. The Bertz CT molecular complexity index is 577. The molecule has 0 radical (unpaired) electrons. The summed E-state index contributed by atoms with van der Waals surface area (Å²) in [7, 11) is 0. The average Bonchev–Trinajstić information content (AvgIpc) is 2.50. The molecule has 2 aromatic rings. The molecule has 1 amide bonds. The fourth-order valence-electron chi connectivity index (χ4n) is 2.36. The van der Waals surface area contributed by atoms with Gasteiger partial charge in [-0.25, -0.2) is 0 Å². The van der Waals surface area contributed by atoms with Crippen LogP contribution >= 0.6 is 0 Å². The summed E-state index contributed by atoms with van der Waals surface area (Å²) in [6.45, 7) is 6.17. The molecule has 0 saturated heterocycles. The number of carbonyl (C=O) groups excluding carboxylic acids is 1. The zero-order valence-corrected chi connectivity index (χ0v) is 12.7. The van der Waals surface area contributed by atoms with Crippen LogP contribution < -0.4 is 10.2 Å². The number of hydrogen-bond donors (Lipinski definition) is 1. The third-order valence-electron chi connectivity index (χ3n) is 3.47. The third-order valence-corrected chi connectivity index (χ3v) is 3.47. The van der Waals surface area contributed by atoms with Crippen LogP contribution in [0, 0.1) is 0 Å². The van der Waals surface area contributed by atoms with E-state index in [0.717, 1.165) is 30.0 Å². The maximum atomic E-state index is 12.1. The molecule has 0 fully saturated rings. The van der Waals surface area contributed by atoms with Gasteiger partial charge >= 0.3 is 0 Å². The number of rotatable bonds is 6. The second kappa shape index (κ2) is 7.48. The van der Waals surface area contributed by atoms with E-state index in [-0.39, 0.29) is 5.91 Å². The molecule has 3 heteroatoms. The Labute approximate surface area is 126 Å². The number of nitrogens with zero attached hydrogens (tertiary/aromatic N) is 1. The summed E-state index contributed by atoms with van der Waals surface area (Å²) >= 11 is 0. The summed E-state index contributed by atoms with van der Waals surface area (Å²) < 4.78 is 0. The van der Waals surface area contributed by atoms with Gasteiger partial charge in [-0.1, -0.05) is 36.4 Å². The molecule has 1 N–H and O–H groups in total. The molecule has 0 atom stereocenters. The van der Waals surface area contributed by atoms with Crippen molar-refractivity contribution in [1.82, 2.24) is 0 Å². The Morgan fingerprint density at radius 2 is 1.71 bits per heavy atom. The maximum absolute atomic E-state index is 12.1. The molecule has 110 valence electrons. The molecule has 0 heterocycles. The molecule has 21 heavy (non-hydrogen) atoms. The van der Waals surface area contributed by atoms with Crippen molar-refractivity contribution in [2.75, 3.05) is 23.3 Å². The van der Waals surface area contributed by atoms with Gasteiger partial charge in [-0.15, -0.1) is 0 Å². The van der Waals surface area contributed by atoms with Gasteiger partial charge in [-0.05, 0) is 37.6 Å². The van der Waals surface area contributed by atoms with Crippen molar-refractivity contribution in [2.45, 2.75) is 20.3 Å². The van der Waals surface area contributed by atoms with Gasteiger partial charge < -0.3 is 10.2 Å². The standard InChI is InChI=1S/C18H22N2O/c1-3-20(4-2)17-12-8-11-16(14-17)19-18(21)13-15-9-6-5-7-10-15/h5-12,14H,3-4,13H2,1-2H3,(H,19,21). The second-order valence-corrected chi connectivity index (χ2v) is 4.93. The first-order chi connectivity index (χ1) is 10.2. The minimum absolute atomic E-state index is 0.0119. The highest BCUT2D eigenvalue weighted by Crippen LogP contribution is 2.19. The first-order valence-electron chi connectivity index (χ1n) is 7.41. The molecule has 0 unspecified atom stereocenters. The van der Waals surface area contributed by atoms with E-state index in [4.69, 9.17) is 0 Å². The van der Waals surface area contributed by atoms with E-state index in [1.165, 1.54) is 0 Å². The van der Waals surface area contributed by atoms with Crippen LogP contribution in [0.25, 0.3) is 0 Å². The van der Waals surface area contributed by atoms with Gasteiger partial charge in [-0.3, -0.25) is 4.79 Å². The summed E-state index contributed by atoms with van der Waals surface area (Å²) in [6, 6.07) is 17.8. The first kappa shape index (κ1) is 15.1. The van der Waals surface area contributed by atoms with Crippen molar-refractivity contribution < 1.29 is 4.79 Å². The van der Waals surface area contributed by atoms with Gasteiger partial charge in [0.15, 0.2) is 0 Å². The van der Waals surface area contributed by atoms with E-state index in [2.05, 4.69) is 30.1 Å². The lowest BCUT2D eigenvalue weighted by Crippen LogP contribution is -2.22. The van der Waals surface area contributed by atoms with Gasteiger partial charge in [0.1, 0.15) is 0 Å². The van der Waals surface area contributed by atoms with Crippen LogP contribution in [-0.2, 0) is 11.2 Å². The van der Waals surface area contributed by atoms with Crippen LogP contribution in [0.1, 0.15) is 19.4 Å². The molecule has 0 spiro atoms. The fourth-order valence-corrected chi connectivity index (χ4v) is 2.36. The maximum Gasteiger partial charge on any atom is 0.228 e. The number of benzene rings is 2. The van der Waals surface area contributed by atoms with Crippen LogP contribution in [0.2, 0.25) is 0 Å². The number of carbonyl (C=O) groups is 1. The van der Waals surface area contributed by atoms with Gasteiger partial charge in [0, 0.05) is 24.5 Å². The molecule has 3 nitrogen and oxygen atoms in total. The van der Waals surface area contributed by atoms with Crippen LogP contribution in [0.3, 0.4) is 0 Å². The van der Waals surface area contributed by atoms with E-state index in [1.54, 1.807) is 0 Å². The molecule has 0 aliphatic rings. The minimum atomic E-state index is 0.0119. The van der Waals surface area contributed by atoms with E-state index in [1.807, 2.05) is 48.5 Å².